The Hall–Kier alpha value is -5.81. The summed E-state index contributed by atoms with van der Waals surface area (Å²) in [4.78, 5) is 43.9. The number of anilines is 1. The lowest BCUT2D eigenvalue weighted by Gasteiger charge is -2.25. The highest BCUT2D eigenvalue weighted by Gasteiger charge is 2.32. The SMILES string of the molecule is COc1ccc([C@@H]2C(C(=O)Nc3ccc(C)cc3C)=C(C)N=c3s/c(=C\c4cccc(OCc5ccc([N+](=O)[O-])cc5)c4)c(=O)n32)cc1. The number of carbonyl (C=O) groups excluding carboxylic acids is 1. The molecule has 1 aliphatic rings. The van der Waals surface area contributed by atoms with Crippen molar-refractivity contribution in [2.24, 2.45) is 4.99 Å². The van der Waals surface area contributed by atoms with E-state index in [1.54, 1.807) is 42.9 Å². The molecule has 0 radical (unpaired) electrons. The van der Waals surface area contributed by atoms with Gasteiger partial charge in [0, 0.05) is 17.8 Å². The number of ether oxygens (including phenoxy) is 2. The first kappa shape index (κ1) is 32.1. The van der Waals surface area contributed by atoms with E-state index in [4.69, 9.17) is 14.5 Å². The van der Waals surface area contributed by atoms with E-state index in [-0.39, 0.29) is 23.8 Å². The van der Waals surface area contributed by atoms with E-state index in [2.05, 4.69) is 5.32 Å². The van der Waals surface area contributed by atoms with Crippen LogP contribution in [0.1, 0.15) is 40.8 Å². The third kappa shape index (κ3) is 6.67. The summed E-state index contributed by atoms with van der Waals surface area (Å²) in [5.74, 6) is 0.896. The number of non-ortho nitro benzene ring substituents is 1. The van der Waals surface area contributed by atoms with E-state index >= 15 is 0 Å². The zero-order chi connectivity index (χ0) is 33.9. The maximum atomic E-state index is 14.1. The lowest BCUT2D eigenvalue weighted by Crippen LogP contribution is -2.40. The average Bonchev–Trinajstić information content (AvgIpc) is 3.38. The summed E-state index contributed by atoms with van der Waals surface area (Å²) in [6.07, 6.45) is 1.78. The first-order chi connectivity index (χ1) is 23.1. The van der Waals surface area contributed by atoms with Gasteiger partial charge in [0.05, 0.1) is 33.9 Å². The standard InChI is InChI=1S/C37H32N4O6S/c1-22-8-17-31(23(2)18-22)39-35(42)33-24(3)38-37-40(34(33)27-11-15-29(46-4)16-12-27)36(43)32(48-37)20-26-6-5-7-30(19-26)47-21-25-9-13-28(14-10-25)41(44)45/h5-20,34H,21H2,1-4H3,(H,39,42)/b32-20-/t34-/m1/s1. The third-order valence-corrected chi connectivity index (χ3v) is 9.02. The second kappa shape index (κ2) is 13.5. The van der Waals surface area contributed by atoms with Crippen LogP contribution in [0.15, 0.2) is 112 Å². The number of benzene rings is 4. The van der Waals surface area contributed by atoms with Crippen LogP contribution in [-0.4, -0.2) is 22.5 Å². The van der Waals surface area contributed by atoms with Crippen molar-refractivity contribution in [2.45, 2.75) is 33.4 Å². The van der Waals surface area contributed by atoms with Crippen LogP contribution < -0.4 is 29.7 Å². The first-order valence-electron chi connectivity index (χ1n) is 15.1. The number of methoxy groups -OCH3 is 1. The van der Waals surface area contributed by atoms with Crippen LogP contribution in [0.3, 0.4) is 0 Å². The number of nitrogens with zero attached hydrogens (tertiary/aromatic N) is 3. The summed E-state index contributed by atoms with van der Waals surface area (Å²) in [6, 6.07) is 25.9. The van der Waals surface area contributed by atoms with Crippen molar-refractivity contribution in [3.05, 3.63) is 160 Å². The molecule has 242 valence electrons. The fourth-order valence-electron chi connectivity index (χ4n) is 5.58. The smallest absolute Gasteiger partial charge is 0.271 e. The fourth-order valence-corrected chi connectivity index (χ4v) is 6.63. The molecule has 0 bridgehead atoms. The summed E-state index contributed by atoms with van der Waals surface area (Å²) >= 11 is 1.25. The van der Waals surface area contributed by atoms with Gasteiger partial charge in [-0.25, -0.2) is 4.99 Å². The van der Waals surface area contributed by atoms with E-state index in [1.165, 1.54) is 23.5 Å². The highest BCUT2D eigenvalue weighted by atomic mass is 32.1. The summed E-state index contributed by atoms with van der Waals surface area (Å²) < 4.78 is 13.3. The van der Waals surface area contributed by atoms with Gasteiger partial charge >= 0.3 is 0 Å². The van der Waals surface area contributed by atoms with Crippen molar-refractivity contribution < 1.29 is 19.2 Å². The average molecular weight is 661 g/mol. The third-order valence-electron chi connectivity index (χ3n) is 8.04. The molecule has 0 saturated carbocycles. The minimum atomic E-state index is -0.726. The zero-order valence-electron chi connectivity index (χ0n) is 26.7. The minimum Gasteiger partial charge on any atom is -0.497 e. The summed E-state index contributed by atoms with van der Waals surface area (Å²) in [6.45, 7) is 5.94. The number of thiazole rings is 1. The van der Waals surface area contributed by atoms with Gasteiger partial charge in [-0.2, -0.15) is 0 Å². The number of amides is 1. The molecule has 0 spiro atoms. The Kier molecular flexibility index (Phi) is 9.04. The maximum Gasteiger partial charge on any atom is 0.271 e. The number of aryl methyl sites for hydroxylation is 2. The minimum absolute atomic E-state index is 0.0146. The molecule has 0 saturated heterocycles. The fraction of sp³-hybridized carbons (Fsp3) is 0.162. The Morgan fingerprint density at radius 3 is 2.44 bits per heavy atom. The number of carbonyl (C=O) groups is 1. The van der Waals surface area contributed by atoms with Gasteiger partial charge < -0.3 is 14.8 Å². The number of hydrogen-bond donors (Lipinski definition) is 1. The van der Waals surface area contributed by atoms with Crippen molar-refractivity contribution in [1.82, 2.24) is 4.57 Å². The number of aromatic nitrogens is 1. The largest absolute Gasteiger partial charge is 0.497 e. The van der Waals surface area contributed by atoms with Crippen molar-refractivity contribution >= 4 is 34.7 Å². The number of nitrogens with one attached hydrogen (secondary N) is 1. The van der Waals surface area contributed by atoms with Gasteiger partial charge in [-0.1, -0.05) is 53.3 Å². The van der Waals surface area contributed by atoms with Gasteiger partial charge in [0.15, 0.2) is 4.80 Å². The Morgan fingerprint density at radius 1 is 1.00 bits per heavy atom. The molecule has 6 rings (SSSR count). The second-order valence-electron chi connectivity index (χ2n) is 11.4. The normalized spacial score (nSPS) is 14.2. The highest BCUT2D eigenvalue weighted by Crippen LogP contribution is 2.32. The second-order valence-corrected chi connectivity index (χ2v) is 12.4. The number of rotatable bonds is 9. The summed E-state index contributed by atoms with van der Waals surface area (Å²) in [7, 11) is 1.58. The van der Waals surface area contributed by atoms with Gasteiger partial charge in [0.1, 0.15) is 18.1 Å². The van der Waals surface area contributed by atoms with E-state index in [9.17, 15) is 19.7 Å². The molecule has 11 heteroatoms. The van der Waals surface area contributed by atoms with Crippen LogP contribution in [-0.2, 0) is 11.4 Å². The monoisotopic (exact) mass is 660 g/mol. The maximum absolute atomic E-state index is 14.1. The molecule has 48 heavy (non-hydrogen) atoms. The molecular formula is C37H32N4O6S. The molecule has 4 aromatic carbocycles. The molecule has 10 nitrogen and oxygen atoms in total. The van der Waals surface area contributed by atoms with Gasteiger partial charge in [-0.05, 0) is 91.6 Å². The Morgan fingerprint density at radius 2 is 1.75 bits per heavy atom. The molecule has 1 aromatic heterocycles. The molecule has 5 aromatic rings. The highest BCUT2D eigenvalue weighted by molar-refractivity contribution is 7.07. The van der Waals surface area contributed by atoms with Crippen LogP contribution in [0.4, 0.5) is 11.4 Å². The lowest BCUT2D eigenvalue weighted by molar-refractivity contribution is -0.384. The molecule has 1 atom stereocenters. The van der Waals surface area contributed by atoms with Crippen LogP contribution in [0.2, 0.25) is 0 Å². The van der Waals surface area contributed by atoms with Gasteiger partial charge in [0.25, 0.3) is 17.2 Å². The van der Waals surface area contributed by atoms with Crippen LogP contribution in [0, 0.1) is 24.0 Å². The Labute approximate surface area is 280 Å². The topological polar surface area (TPSA) is 125 Å². The van der Waals surface area contributed by atoms with Gasteiger partial charge in [-0.15, -0.1) is 0 Å². The number of nitro benzene ring substituents is 1. The Bertz CT molecular complexity index is 2250. The first-order valence-corrected chi connectivity index (χ1v) is 15.9. The number of allylic oxidation sites excluding steroid dienone is 1. The van der Waals surface area contributed by atoms with E-state index in [0.717, 1.165) is 27.8 Å². The molecule has 0 unspecified atom stereocenters. The van der Waals surface area contributed by atoms with Gasteiger partial charge in [-0.3, -0.25) is 24.3 Å². The van der Waals surface area contributed by atoms with E-state index in [0.29, 0.717) is 37.8 Å². The molecule has 0 aliphatic carbocycles. The van der Waals surface area contributed by atoms with Crippen LogP contribution in [0.25, 0.3) is 6.08 Å². The van der Waals surface area contributed by atoms with Crippen LogP contribution in [0.5, 0.6) is 11.5 Å². The van der Waals surface area contributed by atoms with Crippen molar-refractivity contribution in [3.63, 3.8) is 0 Å². The predicted molar refractivity (Wildman–Crippen MR) is 185 cm³/mol. The molecule has 1 amide bonds. The lowest BCUT2D eigenvalue weighted by atomic mass is 9.95. The predicted octanol–water partition coefficient (Wildman–Crippen LogP) is 5.99. The van der Waals surface area contributed by atoms with Crippen molar-refractivity contribution in [1.29, 1.82) is 0 Å². The zero-order valence-corrected chi connectivity index (χ0v) is 27.5. The quantitative estimate of drug-likeness (QED) is 0.153. The van der Waals surface area contributed by atoms with E-state index < -0.39 is 11.0 Å². The summed E-state index contributed by atoms with van der Waals surface area (Å²) in [5.41, 5.74) is 5.61. The molecule has 1 N–H and O–H groups in total. The summed E-state index contributed by atoms with van der Waals surface area (Å²) in [5, 5.41) is 14.0. The molecule has 0 fully saturated rings. The number of nitro groups is 1. The van der Waals surface area contributed by atoms with Gasteiger partial charge in [0.2, 0.25) is 0 Å². The van der Waals surface area contributed by atoms with E-state index in [1.807, 2.05) is 74.5 Å². The molecule has 1 aliphatic heterocycles. The van der Waals surface area contributed by atoms with Crippen LogP contribution >= 0.6 is 11.3 Å². The van der Waals surface area contributed by atoms with Crippen molar-refractivity contribution in [2.75, 3.05) is 12.4 Å². The molecular weight excluding hydrogens is 628 g/mol. The number of fused-ring (bicyclic) bond motifs is 1. The van der Waals surface area contributed by atoms with Crippen molar-refractivity contribution in [3.8, 4) is 11.5 Å². The number of hydrogen-bond acceptors (Lipinski definition) is 8. The Balaban J connectivity index is 1.35. The molecule has 2 heterocycles.